The molecule has 0 spiro atoms. The summed E-state index contributed by atoms with van der Waals surface area (Å²) in [6.45, 7) is 2.07. The topological polar surface area (TPSA) is 92.5 Å². The van der Waals surface area contributed by atoms with Gasteiger partial charge in [0, 0.05) is 18.7 Å². The summed E-state index contributed by atoms with van der Waals surface area (Å²) >= 11 is 0. The lowest BCUT2D eigenvalue weighted by Crippen LogP contribution is -2.37. The van der Waals surface area contributed by atoms with Crippen LogP contribution >= 0.6 is 0 Å². The van der Waals surface area contributed by atoms with Gasteiger partial charge in [-0.2, -0.15) is 0 Å². The molecule has 2 N–H and O–H groups in total. The van der Waals surface area contributed by atoms with Crippen molar-refractivity contribution in [2.45, 2.75) is 31.3 Å². The molecule has 6 nitrogen and oxygen atoms in total. The van der Waals surface area contributed by atoms with Crippen molar-refractivity contribution in [3.8, 4) is 0 Å². The quantitative estimate of drug-likeness (QED) is 0.625. The van der Waals surface area contributed by atoms with Gasteiger partial charge in [-0.05, 0) is 43.0 Å². The molecule has 1 aliphatic carbocycles. The summed E-state index contributed by atoms with van der Waals surface area (Å²) in [6.07, 6.45) is 0.698. The van der Waals surface area contributed by atoms with Crippen molar-refractivity contribution in [2.24, 2.45) is 0 Å². The number of nitro benzene ring substituents is 1. The van der Waals surface area contributed by atoms with E-state index < -0.39 is 16.4 Å². The van der Waals surface area contributed by atoms with Crippen LogP contribution in [0, 0.1) is 17.0 Å². The van der Waals surface area contributed by atoms with Crippen molar-refractivity contribution >= 4 is 11.6 Å². The van der Waals surface area contributed by atoms with Gasteiger partial charge in [-0.25, -0.2) is 0 Å². The van der Waals surface area contributed by atoms with E-state index in [9.17, 15) is 20.0 Å². The Bertz CT molecular complexity index is 797. The molecule has 0 unspecified atom stereocenters. The molecule has 1 amide bonds. The summed E-state index contributed by atoms with van der Waals surface area (Å²) in [5.74, 6) is -0.0842. The van der Waals surface area contributed by atoms with Crippen molar-refractivity contribution < 1.29 is 14.8 Å². The van der Waals surface area contributed by atoms with E-state index >= 15 is 0 Å². The molecule has 1 fully saturated rings. The SMILES string of the molecule is Cc1cccc(C2(C(=O)NC[C@@H](O)c3ccc([N+](=O)[O-])cc3)CC2)c1. The molecule has 0 aliphatic heterocycles. The minimum atomic E-state index is -0.905. The second-order valence-electron chi connectivity index (χ2n) is 6.53. The Morgan fingerprint density at radius 1 is 1.28 bits per heavy atom. The van der Waals surface area contributed by atoms with E-state index in [-0.39, 0.29) is 18.1 Å². The molecular formula is C19H20N2O4. The number of carbonyl (C=O) groups is 1. The van der Waals surface area contributed by atoms with Gasteiger partial charge in [0.2, 0.25) is 5.91 Å². The van der Waals surface area contributed by atoms with E-state index in [1.165, 1.54) is 24.3 Å². The summed E-state index contributed by atoms with van der Waals surface area (Å²) in [6, 6.07) is 13.6. The summed E-state index contributed by atoms with van der Waals surface area (Å²) in [7, 11) is 0. The molecule has 25 heavy (non-hydrogen) atoms. The van der Waals surface area contributed by atoms with Gasteiger partial charge < -0.3 is 10.4 Å². The zero-order valence-corrected chi connectivity index (χ0v) is 13.9. The number of amides is 1. The van der Waals surface area contributed by atoms with Gasteiger partial charge in [-0.3, -0.25) is 14.9 Å². The molecule has 2 aromatic carbocycles. The van der Waals surface area contributed by atoms with Crippen LogP contribution < -0.4 is 5.32 Å². The molecule has 0 aromatic heterocycles. The smallest absolute Gasteiger partial charge is 0.269 e. The van der Waals surface area contributed by atoms with Crippen molar-refractivity contribution in [1.29, 1.82) is 0 Å². The first-order chi connectivity index (χ1) is 11.9. The predicted molar refractivity (Wildman–Crippen MR) is 93.2 cm³/mol. The van der Waals surface area contributed by atoms with Gasteiger partial charge >= 0.3 is 0 Å². The molecule has 0 radical (unpaired) electrons. The van der Waals surface area contributed by atoms with Crippen molar-refractivity contribution in [3.05, 3.63) is 75.3 Å². The Morgan fingerprint density at radius 2 is 1.96 bits per heavy atom. The van der Waals surface area contributed by atoms with E-state index in [4.69, 9.17) is 0 Å². The van der Waals surface area contributed by atoms with Crippen LogP contribution in [0.4, 0.5) is 5.69 Å². The third-order valence-electron chi connectivity index (χ3n) is 4.70. The molecule has 130 valence electrons. The minimum Gasteiger partial charge on any atom is -0.387 e. The maximum absolute atomic E-state index is 12.6. The first-order valence-electron chi connectivity index (χ1n) is 8.20. The second kappa shape index (κ2) is 6.64. The Hall–Kier alpha value is -2.73. The normalized spacial score (nSPS) is 16.1. The van der Waals surface area contributed by atoms with Crippen LogP contribution in [0.1, 0.15) is 35.6 Å². The Morgan fingerprint density at radius 3 is 2.52 bits per heavy atom. The number of non-ortho nitro benzene ring substituents is 1. The zero-order valence-electron chi connectivity index (χ0n) is 13.9. The molecule has 2 aromatic rings. The van der Waals surface area contributed by atoms with Gasteiger partial charge in [0.25, 0.3) is 5.69 Å². The van der Waals surface area contributed by atoms with Crippen LogP contribution in [-0.2, 0) is 10.2 Å². The number of nitrogens with zero attached hydrogens (tertiary/aromatic N) is 1. The molecular weight excluding hydrogens is 320 g/mol. The average Bonchev–Trinajstić information content (AvgIpc) is 3.41. The van der Waals surface area contributed by atoms with E-state index in [0.717, 1.165) is 24.0 Å². The molecule has 6 heteroatoms. The van der Waals surface area contributed by atoms with Crippen LogP contribution in [0.15, 0.2) is 48.5 Å². The fourth-order valence-electron chi connectivity index (χ4n) is 3.01. The Labute approximate surface area is 145 Å². The Kier molecular flexibility index (Phi) is 4.55. The van der Waals surface area contributed by atoms with E-state index in [1.807, 2.05) is 31.2 Å². The van der Waals surface area contributed by atoms with Gasteiger partial charge in [-0.1, -0.05) is 29.8 Å². The van der Waals surface area contributed by atoms with Crippen molar-refractivity contribution in [2.75, 3.05) is 6.54 Å². The van der Waals surface area contributed by atoms with Gasteiger partial charge in [0.15, 0.2) is 0 Å². The summed E-state index contributed by atoms with van der Waals surface area (Å²) < 4.78 is 0. The number of benzene rings is 2. The molecule has 1 atom stereocenters. The number of nitrogens with one attached hydrogen (secondary N) is 1. The average molecular weight is 340 g/mol. The van der Waals surface area contributed by atoms with Gasteiger partial charge in [0.1, 0.15) is 0 Å². The van der Waals surface area contributed by atoms with Gasteiger partial charge in [0.05, 0.1) is 16.4 Å². The highest BCUT2D eigenvalue weighted by Crippen LogP contribution is 2.48. The lowest BCUT2D eigenvalue weighted by Gasteiger charge is -2.18. The molecule has 1 aliphatic rings. The lowest BCUT2D eigenvalue weighted by atomic mass is 9.93. The van der Waals surface area contributed by atoms with Crippen LogP contribution in [-0.4, -0.2) is 22.5 Å². The number of aliphatic hydroxyl groups is 1. The third-order valence-corrected chi connectivity index (χ3v) is 4.70. The first kappa shape index (κ1) is 17.1. The van der Waals surface area contributed by atoms with Crippen LogP contribution in [0.5, 0.6) is 0 Å². The van der Waals surface area contributed by atoms with E-state index in [0.29, 0.717) is 5.56 Å². The molecule has 1 saturated carbocycles. The van der Waals surface area contributed by atoms with Crippen LogP contribution in [0.2, 0.25) is 0 Å². The van der Waals surface area contributed by atoms with Crippen molar-refractivity contribution in [1.82, 2.24) is 5.32 Å². The monoisotopic (exact) mass is 340 g/mol. The number of aryl methyl sites for hydroxylation is 1. The number of hydrogen-bond donors (Lipinski definition) is 2. The summed E-state index contributed by atoms with van der Waals surface area (Å²) in [5, 5.41) is 23.7. The molecule has 0 saturated heterocycles. The summed E-state index contributed by atoms with van der Waals surface area (Å²) in [5.41, 5.74) is 2.14. The lowest BCUT2D eigenvalue weighted by molar-refractivity contribution is -0.384. The third kappa shape index (κ3) is 3.53. The van der Waals surface area contributed by atoms with Crippen molar-refractivity contribution in [3.63, 3.8) is 0 Å². The van der Waals surface area contributed by atoms with Gasteiger partial charge in [-0.15, -0.1) is 0 Å². The fourth-order valence-corrected chi connectivity index (χ4v) is 3.01. The second-order valence-corrected chi connectivity index (χ2v) is 6.53. The predicted octanol–water partition coefficient (Wildman–Crippen LogP) is 2.78. The molecule has 3 rings (SSSR count). The first-order valence-corrected chi connectivity index (χ1v) is 8.20. The molecule has 0 heterocycles. The van der Waals surface area contributed by atoms with E-state index in [2.05, 4.69) is 5.32 Å². The Balaban J connectivity index is 1.63. The number of rotatable bonds is 6. The fraction of sp³-hybridized carbons (Fsp3) is 0.316. The van der Waals surface area contributed by atoms with E-state index in [1.54, 1.807) is 0 Å². The number of nitro groups is 1. The standard InChI is InChI=1S/C19H20N2O4/c1-13-3-2-4-15(11-13)19(9-10-19)18(23)20-12-17(22)14-5-7-16(8-6-14)21(24)25/h2-8,11,17,22H,9-10,12H2,1H3,(H,20,23)/t17-/m1/s1. The largest absolute Gasteiger partial charge is 0.387 e. The number of aliphatic hydroxyl groups excluding tert-OH is 1. The van der Waals surface area contributed by atoms with Crippen LogP contribution in [0.3, 0.4) is 0 Å². The highest BCUT2D eigenvalue weighted by molar-refractivity contribution is 5.91. The highest BCUT2D eigenvalue weighted by atomic mass is 16.6. The number of carbonyl (C=O) groups excluding carboxylic acids is 1. The maximum Gasteiger partial charge on any atom is 0.269 e. The highest BCUT2D eigenvalue weighted by Gasteiger charge is 2.51. The van der Waals surface area contributed by atoms with Crippen LogP contribution in [0.25, 0.3) is 0 Å². The zero-order chi connectivity index (χ0) is 18.0. The minimum absolute atomic E-state index is 0.0311. The molecule has 0 bridgehead atoms. The summed E-state index contributed by atoms with van der Waals surface area (Å²) in [4.78, 5) is 22.8. The number of hydrogen-bond acceptors (Lipinski definition) is 4. The maximum atomic E-state index is 12.6.